The van der Waals surface area contributed by atoms with Crippen molar-refractivity contribution in [3.05, 3.63) is 105 Å². The number of rotatable bonds is 6. The first kappa shape index (κ1) is 26.0. The molecule has 10 heteroatoms. The van der Waals surface area contributed by atoms with Crippen LogP contribution in [0.3, 0.4) is 0 Å². The van der Waals surface area contributed by atoms with Gasteiger partial charge in [-0.05, 0) is 55.2 Å². The van der Waals surface area contributed by atoms with Gasteiger partial charge in [0, 0.05) is 18.3 Å². The smallest absolute Gasteiger partial charge is 0.266 e. The Morgan fingerprint density at radius 2 is 1.80 bits per heavy atom. The van der Waals surface area contributed by atoms with Crippen LogP contribution in [0, 0.1) is 11.3 Å². The van der Waals surface area contributed by atoms with Gasteiger partial charge < -0.3 is 15.6 Å². The second kappa shape index (κ2) is 10.7. The topological polar surface area (TPSA) is 145 Å². The van der Waals surface area contributed by atoms with E-state index in [1.54, 1.807) is 16.7 Å². The number of aromatic nitrogens is 5. The van der Waals surface area contributed by atoms with Crippen molar-refractivity contribution >= 4 is 22.7 Å². The van der Waals surface area contributed by atoms with Gasteiger partial charge >= 0.3 is 0 Å². The highest BCUT2D eigenvalue weighted by molar-refractivity contribution is 5.94. The molecule has 1 fully saturated rings. The number of nitriles is 1. The summed E-state index contributed by atoms with van der Waals surface area (Å²) in [6.07, 6.45) is 7.39. The Kier molecular flexibility index (Phi) is 6.77. The Morgan fingerprint density at radius 3 is 2.56 bits per heavy atom. The summed E-state index contributed by atoms with van der Waals surface area (Å²) in [6, 6.07) is 19.9. The lowest BCUT2D eigenvalue weighted by Gasteiger charge is -2.21. The zero-order valence-corrected chi connectivity index (χ0v) is 22.5. The van der Waals surface area contributed by atoms with Crippen LogP contribution in [0.15, 0.2) is 82.6 Å². The number of para-hydroxylation sites is 1. The van der Waals surface area contributed by atoms with E-state index in [0.717, 1.165) is 31.2 Å². The number of nitrogens with two attached hydrogens (primary N) is 1. The summed E-state index contributed by atoms with van der Waals surface area (Å²) in [6.45, 7) is 1.84. The third kappa shape index (κ3) is 4.82. The molecule has 6 rings (SSSR count). The molecule has 0 amide bonds. The van der Waals surface area contributed by atoms with Gasteiger partial charge in [0.05, 0.1) is 28.8 Å². The van der Waals surface area contributed by atoms with Crippen molar-refractivity contribution < 1.29 is 0 Å². The minimum Gasteiger partial charge on any atom is -0.368 e. The molecular weight excluding hydrogens is 516 g/mol. The van der Waals surface area contributed by atoms with Gasteiger partial charge in [-0.1, -0.05) is 43.2 Å². The number of hydrogen-bond donors (Lipinski definition) is 2. The zero-order chi connectivity index (χ0) is 28.5. The van der Waals surface area contributed by atoms with Gasteiger partial charge in [-0.15, -0.1) is 0 Å². The van der Waals surface area contributed by atoms with Crippen LogP contribution in [0.5, 0.6) is 0 Å². The van der Waals surface area contributed by atoms with Gasteiger partial charge in [0.1, 0.15) is 23.3 Å². The highest BCUT2D eigenvalue weighted by Crippen LogP contribution is 2.32. The molecule has 0 radical (unpaired) electrons. The van der Waals surface area contributed by atoms with Crippen molar-refractivity contribution in [3.8, 4) is 22.9 Å². The van der Waals surface area contributed by atoms with Crippen molar-refractivity contribution in [2.75, 3.05) is 11.1 Å². The number of benzene rings is 2. The average molecular weight is 545 g/mol. The van der Waals surface area contributed by atoms with Crippen LogP contribution in [0.4, 0.5) is 11.8 Å². The Labute approximate surface area is 235 Å². The number of pyridine rings is 1. The highest BCUT2D eigenvalue weighted by atomic mass is 16.1. The standard InChI is InChI=1S/C31H28N8O2/c1-19(35-28-21(16-32)17-34-31(33)37-28)29-36-25-13-7-12-24(27(25)30(41)39(29)23-10-3-2-4-11-23)20-14-15-26(40)38(18-20)22-8-5-6-9-22/h2-4,7,10-15,17-19,22H,5-6,8-9H2,1H3,(H3,33,34,35,37)/t19-/m1/s1. The van der Waals surface area contributed by atoms with E-state index < -0.39 is 6.04 Å². The molecule has 3 heterocycles. The number of nitrogen functional groups attached to an aromatic ring is 1. The number of anilines is 2. The summed E-state index contributed by atoms with van der Waals surface area (Å²) in [5.74, 6) is 0.710. The normalized spacial score (nSPS) is 14.1. The second-order valence-corrected chi connectivity index (χ2v) is 10.2. The first-order valence-corrected chi connectivity index (χ1v) is 13.6. The fourth-order valence-corrected chi connectivity index (χ4v) is 5.59. The van der Waals surface area contributed by atoms with Crippen LogP contribution in [0.1, 0.15) is 56.1 Å². The largest absolute Gasteiger partial charge is 0.368 e. The van der Waals surface area contributed by atoms with Gasteiger partial charge in [-0.3, -0.25) is 14.2 Å². The lowest BCUT2D eigenvalue weighted by atomic mass is 10.0. The van der Waals surface area contributed by atoms with Crippen LogP contribution < -0.4 is 22.2 Å². The average Bonchev–Trinajstić information content (AvgIpc) is 3.52. The van der Waals surface area contributed by atoms with Crippen LogP contribution in [-0.2, 0) is 0 Å². The molecule has 0 bridgehead atoms. The summed E-state index contributed by atoms with van der Waals surface area (Å²) >= 11 is 0. The molecular formula is C31H28N8O2. The number of nitrogens with one attached hydrogen (secondary N) is 1. The zero-order valence-electron chi connectivity index (χ0n) is 22.5. The molecule has 5 aromatic rings. The molecule has 204 valence electrons. The Bertz CT molecular complexity index is 1920. The number of fused-ring (bicyclic) bond motifs is 1. The molecule has 1 aliphatic carbocycles. The summed E-state index contributed by atoms with van der Waals surface area (Å²) in [5, 5.41) is 13.2. The first-order chi connectivity index (χ1) is 19.9. The Balaban J connectivity index is 1.55. The summed E-state index contributed by atoms with van der Waals surface area (Å²) < 4.78 is 3.39. The fourth-order valence-electron chi connectivity index (χ4n) is 5.59. The van der Waals surface area contributed by atoms with Gasteiger partial charge in [-0.25, -0.2) is 9.97 Å². The Hall–Kier alpha value is -5.30. The third-order valence-electron chi connectivity index (χ3n) is 7.57. The lowest BCUT2D eigenvalue weighted by molar-refractivity contribution is 0.503. The Morgan fingerprint density at radius 1 is 1.02 bits per heavy atom. The van der Waals surface area contributed by atoms with E-state index in [9.17, 15) is 14.9 Å². The van der Waals surface area contributed by atoms with Crippen molar-refractivity contribution in [2.45, 2.75) is 44.7 Å². The molecule has 2 aromatic carbocycles. The molecule has 1 atom stereocenters. The van der Waals surface area contributed by atoms with Crippen molar-refractivity contribution in [3.63, 3.8) is 0 Å². The molecule has 1 aliphatic rings. The molecule has 41 heavy (non-hydrogen) atoms. The molecule has 3 aromatic heterocycles. The van der Waals surface area contributed by atoms with Gasteiger partial charge in [0.15, 0.2) is 0 Å². The van der Waals surface area contributed by atoms with E-state index in [1.807, 2.05) is 66.2 Å². The monoisotopic (exact) mass is 544 g/mol. The molecule has 1 saturated carbocycles. The molecule has 3 N–H and O–H groups in total. The maximum absolute atomic E-state index is 14.4. The number of hydrogen-bond acceptors (Lipinski definition) is 8. The lowest BCUT2D eigenvalue weighted by Crippen LogP contribution is -2.28. The van der Waals surface area contributed by atoms with E-state index in [1.165, 1.54) is 6.20 Å². The summed E-state index contributed by atoms with van der Waals surface area (Å²) in [7, 11) is 0. The van der Waals surface area contributed by atoms with Crippen molar-refractivity contribution in [1.29, 1.82) is 5.26 Å². The predicted octanol–water partition coefficient (Wildman–Crippen LogP) is 4.75. The van der Waals surface area contributed by atoms with Crippen LogP contribution in [0.2, 0.25) is 0 Å². The number of nitrogens with zero attached hydrogens (tertiary/aromatic N) is 6. The second-order valence-electron chi connectivity index (χ2n) is 10.2. The molecule has 10 nitrogen and oxygen atoms in total. The fraction of sp³-hybridized carbons (Fsp3) is 0.226. The van der Waals surface area contributed by atoms with Gasteiger partial charge in [0.25, 0.3) is 11.1 Å². The minimum atomic E-state index is -0.540. The first-order valence-electron chi connectivity index (χ1n) is 13.6. The van der Waals surface area contributed by atoms with Gasteiger partial charge in [-0.2, -0.15) is 10.2 Å². The molecule has 0 spiro atoms. The maximum Gasteiger partial charge on any atom is 0.266 e. The van der Waals surface area contributed by atoms with Crippen LogP contribution >= 0.6 is 0 Å². The van der Waals surface area contributed by atoms with E-state index in [-0.39, 0.29) is 34.5 Å². The SMILES string of the molecule is C[C@@H](Nc1nc(N)ncc1C#N)c1nc2cccc(-c3ccc(=O)n(C4CCCC4)c3)c2c(=O)n1-c1ccccc1. The summed E-state index contributed by atoms with van der Waals surface area (Å²) in [5.41, 5.74) is 8.38. The third-order valence-corrected chi connectivity index (χ3v) is 7.57. The minimum absolute atomic E-state index is 0.0224. The van der Waals surface area contributed by atoms with E-state index >= 15 is 0 Å². The van der Waals surface area contributed by atoms with Crippen molar-refractivity contribution in [1.82, 2.24) is 24.1 Å². The quantitative estimate of drug-likeness (QED) is 0.312. The van der Waals surface area contributed by atoms with Gasteiger partial charge in [0.2, 0.25) is 5.95 Å². The summed E-state index contributed by atoms with van der Waals surface area (Å²) in [4.78, 5) is 40.2. The van der Waals surface area contributed by atoms with Crippen LogP contribution in [0.25, 0.3) is 27.7 Å². The predicted molar refractivity (Wildman–Crippen MR) is 158 cm³/mol. The maximum atomic E-state index is 14.4. The van der Waals surface area contributed by atoms with E-state index in [2.05, 4.69) is 21.4 Å². The molecule has 0 aliphatic heterocycles. The van der Waals surface area contributed by atoms with Crippen molar-refractivity contribution in [2.24, 2.45) is 0 Å². The van der Waals surface area contributed by atoms with E-state index in [0.29, 0.717) is 28.0 Å². The highest BCUT2D eigenvalue weighted by Gasteiger charge is 2.23. The van der Waals surface area contributed by atoms with Crippen LogP contribution in [-0.4, -0.2) is 24.1 Å². The molecule has 0 saturated heterocycles. The molecule has 0 unspecified atom stereocenters. The van der Waals surface area contributed by atoms with E-state index in [4.69, 9.17) is 10.7 Å².